The molecule has 1 atom stereocenters. The second-order valence-corrected chi connectivity index (χ2v) is 5.00. The van der Waals surface area contributed by atoms with Gasteiger partial charge >= 0.3 is 0 Å². The maximum absolute atomic E-state index is 4.44. The lowest BCUT2D eigenvalue weighted by Gasteiger charge is -2.18. The molecule has 0 amide bonds. The lowest BCUT2D eigenvalue weighted by Crippen LogP contribution is -2.26. The zero-order valence-electron chi connectivity index (χ0n) is 11.0. The van der Waals surface area contributed by atoms with Crippen LogP contribution < -0.4 is 5.32 Å². The third-order valence-electron chi connectivity index (χ3n) is 2.83. The summed E-state index contributed by atoms with van der Waals surface area (Å²) in [6.45, 7) is 6.29. The zero-order chi connectivity index (χ0) is 12.8. The van der Waals surface area contributed by atoms with E-state index < -0.39 is 0 Å². The van der Waals surface area contributed by atoms with Crippen molar-refractivity contribution in [3.63, 3.8) is 0 Å². The van der Waals surface area contributed by atoms with Gasteiger partial charge in [-0.1, -0.05) is 13.8 Å². The first-order valence-corrected chi connectivity index (χ1v) is 7.44. The quantitative estimate of drug-likeness (QED) is 0.836. The van der Waals surface area contributed by atoms with Crippen LogP contribution in [0.3, 0.4) is 0 Å². The summed E-state index contributed by atoms with van der Waals surface area (Å²) in [4.78, 5) is 4.44. The van der Waals surface area contributed by atoms with Crippen LogP contribution in [0.2, 0.25) is 0 Å². The van der Waals surface area contributed by atoms with Crippen LogP contribution in [0.25, 0.3) is 0 Å². The minimum Gasteiger partial charge on any atom is -0.304 e. The Hall–Kier alpha value is -1.20. The zero-order valence-corrected chi connectivity index (χ0v) is 11.8. The number of nitrogens with one attached hydrogen (secondary N) is 1. The lowest BCUT2D eigenvalue weighted by atomic mass is 10.1. The van der Waals surface area contributed by atoms with E-state index in [1.165, 1.54) is 5.69 Å². The Balaban J connectivity index is 2.24. The highest BCUT2D eigenvalue weighted by molar-refractivity contribution is 7.07. The van der Waals surface area contributed by atoms with Gasteiger partial charge in [0.2, 0.25) is 0 Å². The number of aromatic nitrogens is 3. The summed E-state index contributed by atoms with van der Waals surface area (Å²) in [5, 5.41) is 10.1. The fourth-order valence-corrected chi connectivity index (χ4v) is 2.58. The van der Waals surface area contributed by atoms with Crippen molar-refractivity contribution in [1.82, 2.24) is 20.1 Å². The average molecular weight is 264 g/mol. The van der Waals surface area contributed by atoms with Crippen LogP contribution in [0.15, 0.2) is 23.2 Å². The van der Waals surface area contributed by atoms with E-state index in [0.29, 0.717) is 0 Å². The number of hydrogen-bond donors (Lipinski definition) is 1. The normalized spacial score (nSPS) is 12.8. The molecule has 98 valence electrons. The third-order valence-corrected chi connectivity index (χ3v) is 3.43. The van der Waals surface area contributed by atoms with Crippen LogP contribution in [0.5, 0.6) is 0 Å². The van der Waals surface area contributed by atoms with Gasteiger partial charge in [0.1, 0.15) is 0 Å². The van der Waals surface area contributed by atoms with Gasteiger partial charge in [0, 0.05) is 18.1 Å². The van der Waals surface area contributed by atoms with Crippen molar-refractivity contribution in [2.24, 2.45) is 0 Å². The first-order chi connectivity index (χ1) is 8.86. The van der Waals surface area contributed by atoms with Crippen molar-refractivity contribution in [2.45, 2.75) is 39.3 Å². The Morgan fingerprint density at radius 3 is 2.94 bits per heavy atom. The van der Waals surface area contributed by atoms with Gasteiger partial charge in [0.15, 0.2) is 0 Å². The molecular formula is C13H20N4S. The van der Waals surface area contributed by atoms with Crippen molar-refractivity contribution in [3.8, 4) is 0 Å². The molecule has 0 spiro atoms. The number of hydrogen-bond acceptors (Lipinski definition) is 4. The number of nitrogens with zero attached hydrogens (tertiary/aromatic N) is 3. The molecule has 2 aromatic heterocycles. The molecule has 0 radical (unpaired) electrons. The van der Waals surface area contributed by atoms with Crippen LogP contribution in [-0.4, -0.2) is 21.3 Å². The molecule has 0 aliphatic heterocycles. The number of aryl methyl sites for hydroxylation is 1. The van der Waals surface area contributed by atoms with Gasteiger partial charge in [-0.3, -0.25) is 4.68 Å². The van der Waals surface area contributed by atoms with E-state index in [4.69, 9.17) is 0 Å². The van der Waals surface area contributed by atoms with E-state index >= 15 is 0 Å². The highest BCUT2D eigenvalue weighted by atomic mass is 32.1. The van der Waals surface area contributed by atoms with E-state index in [9.17, 15) is 0 Å². The monoisotopic (exact) mass is 264 g/mol. The number of rotatable bonds is 7. The average Bonchev–Trinajstić information content (AvgIpc) is 3.02. The predicted molar refractivity (Wildman–Crippen MR) is 74.8 cm³/mol. The Bertz CT molecular complexity index is 449. The Morgan fingerprint density at radius 1 is 1.39 bits per heavy atom. The maximum Gasteiger partial charge on any atom is 0.0930 e. The standard InChI is InChI=1S/C13H20N4S/c1-3-6-14-13(11-9-18-10-15-11)12-5-7-16-17(12)8-4-2/h5,7,9-10,13-14H,3-4,6,8H2,1-2H3. The van der Waals surface area contributed by atoms with Gasteiger partial charge in [-0.25, -0.2) is 4.98 Å². The molecule has 2 heterocycles. The first-order valence-electron chi connectivity index (χ1n) is 6.50. The molecule has 0 saturated carbocycles. The lowest BCUT2D eigenvalue weighted by molar-refractivity contribution is 0.506. The maximum atomic E-state index is 4.44. The summed E-state index contributed by atoms with van der Waals surface area (Å²) in [5.74, 6) is 0. The van der Waals surface area contributed by atoms with Crippen LogP contribution in [0, 0.1) is 0 Å². The Labute approximate surface area is 112 Å². The van der Waals surface area contributed by atoms with Crippen molar-refractivity contribution >= 4 is 11.3 Å². The third kappa shape index (κ3) is 2.97. The largest absolute Gasteiger partial charge is 0.304 e. The fraction of sp³-hybridized carbons (Fsp3) is 0.538. The van der Waals surface area contributed by atoms with E-state index in [1.54, 1.807) is 11.3 Å². The SMILES string of the molecule is CCCNC(c1cscn1)c1ccnn1CCC. The summed E-state index contributed by atoms with van der Waals surface area (Å²) >= 11 is 1.64. The molecule has 5 heteroatoms. The van der Waals surface area contributed by atoms with Crippen molar-refractivity contribution < 1.29 is 0 Å². The highest BCUT2D eigenvalue weighted by Crippen LogP contribution is 2.21. The molecule has 2 rings (SSSR count). The topological polar surface area (TPSA) is 42.7 Å². The van der Waals surface area contributed by atoms with Crippen LogP contribution in [0.1, 0.15) is 44.1 Å². The van der Waals surface area contributed by atoms with Crippen molar-refractivity contribution in [2.75, 3.05) is 6.54 Å². The molecule has 4 nitrogen and oxygen atoms in total. The van der Waals surface area contributed by atoms with Gasteiger partial charge in [-0.2, -0.15) is 5.10 Å². The molecule has 0 saturated heterocycles. The van der Waals surface area contributed by atoms with Gasteiger partial charge in [-0.05, 0) is 25.5 Å². The second kappa shape index (κ2) is 6.66. The van der Waals surface area contributed by atoms with Gasteiger partial charge in [-0.15, -0.1) is 11.3 Å². The summed E-state index contributed by atoms with van der Waals surface area (Å²) in [5.41, 5.74) is 4.18. The van der Waals surface area contributed by atoms with E-state index in [1.807, 2.05) is 11.7 Å². The molecule has 0 aromatic carbocycles. The first kappa shape index (κ1) is 13.2. The highest BCUT2D eigenvalue weighted by Gasteiger charge is 2.18. The van der Waals surface area contributed by atoms with Crippen LogP contribution in [-0.2, 0) is 6.54 Å². The summed E-state index contributed by atoms with van der Waals surface area (Å²) in [6.07, 6.45) is 4.08. The molecular weight excluding hydrogens is 244 g/mol. The van der Waals surface area contributed by atoms with E-state index in [2.05, 4.69) is 45.4 Å². The molecule has 1 unspecified atom stereocenters. The van der Waals surface area contributed by atoms with Gasteiger partial charge in [0.05, 0.1) is 22.9 Å². The smallest absolute Gasteiger partial charge is 0.0930 e. The molecule has 0 aliphatic rings. The predicted octanol–water partition coefficient (Wildman–Crippen LogP) is 2.84. The molecule has 2 aromatic rings. The molecule has 1 N–H and O–H groups in total. The molecule has 0 bridgehead atoms. The summed E-state index contributed by atoms with van der Waals surface area (Å²) in [7, 11) is 0. The Morgan fingerprint density at radius 2 is 2.28 bits per heavy atom. The van der Waals surface area contributed by atoms with Crippen molar-refractivity contribution in [1.29, 1.82) is 0 Å². The molecule has 18 heavy (non-hydrogen) atoms. The fourth-order valence-electron chi connectivity index (χ4n) is 2.00. The second-order valence-electron chi connectivity index (χ2n) is 4.28. The Kier molecular flexibility index (Phi) is 4.90. The van der Waals surface area contributed by atoms with E-state index in [-0.39, 0.29) is 6.04 Å². The molecule has 0 fully saturated rings. The van der Waals surface area contributed by atoms with E-state index in [0.717, 1.165) is 31.6 Å². The molecule has 0 aliphatic carbocycles. The minimum absolute atomic E-state index is 0.158. The summed E-state index contributed by atoms with van der Waals surface area (Å²) < 4.78 is 2.08. The van der Waals surface area contributed by atoms with Gasteiger partial charge in [0.25, 0.3) is 0 Å². The minimum atomic E-state index is 0.158. The van der Waals surface area contributed by atoms with Crippen LogP contribution in [0.4, 0.5) is 0 Å². The van der Waals surface area contributed by atoms with Crippen molar-refractivity contribution in [3.05, 3.63) is 34.5 Å². The van der Waals surface area contributed by atoms with Crippen LogP contribution >= 0.6 is 11.3 Å². The van der Waals surface area contributed by atoms with Gasteiger partial charge < -0.3 is 5.32 Å². The summed E-state index contributed by atoms with van der Waals surface area (Å²) in [6, 6.07) is 2.24. The number of thiazole rings is 1.